The summed E-state index contributed by atoms with van der Waals surface area (Å²) in [6.45, 7) is 6.44. The molecule has 0 heterocycles. The molecule has 0 bridgehead atoms. The predicted octanol–water partition coefficient (Wildman–Crippen LogP) is 4.72. The maximum atomic E-state index is 12.8. The average molecular weight is 405 g/mol. The summed E-state index contributed by atoms with van der Waals surface area (Å²) < 4.78 is 0. The van der Waals surface area contributed by atoms with E-state index in [0.29, 0.717) is 23.8 Å². The second-order valence-corrected chi connectivity index (χ2v) is 10.7. The Morgan fingerprint density at radius 2 is 1.28 bits per heavy atom. The van der Waals surface area contributed by atoms with Gasteiger partial charge in [0.25, 0.3) is 0 Å². The van der Waals surface area contributed by atoms with Gasteiger partial charge in [0.05, 0.1) is 0 Å². The molecule has 6 atom stereocenters. The van der Waals surface area contributed by atoms with Crippen molar-refractivity contribution in [3.05, 3.63) is 0 Å². The summed E-state index contributed by atoms with van der Waals surface area (Å²) in [5.41, 5.74) is 0. The van der Waals surface area contributed by atoms with E-state index in [1.807, 2.05) is 0 Å². The summed E-state index contributed by atoms with van der Waals surface area (Å²) in [6.07, 6.45) is 12.7. The van der Waals surface area contributed by atoms with Gasteiger partial charge in [0.2, 0.25) is 5.91 Å². The van der Waals surface area contributed by atoms with Gasteiger partial charge in [-0.3, -0.25) is 9.59 Å². The van der Waals surface area contributed by atoms with E-state index in [4.69, 9.17) is 0 Å². The smallest absolute Gasteiger partial charge is 0.223 e. The molecule has 0 spiro atoms. The minimum Gasteiger partial charge on any atom is -0.353 e. The van der Waals surface area contributed by atoms with E-state index < -0.39 is 0 Å². The number of nitrogens with one attached hydrogen (secondary N) is 2. The minimum atomic E-state index is 0.124. The highest BCUT2D eigenvalue weighted by molar-refractivity contribution is 5.81. The summed E-state index contributed by atoms with van der Waals surface area (Å²) >= 11 is 0. The highest BCUT2D eigenvalue weighted by atomic mass is 16.2. The highest BCUT2D eigenvalue weighted by Gasteiger charge is 2.34. The molecule has 3 saturated carbocycles. The number of carbonyl (C=O) groups is 2. The fourth-order valence-corrected chi connectivity index (χ4v) is 6.62. The number of carbonyl (C=O) groups excluding carboxylic acids is 2. The minimum absolute atomic E-state index is 0.124. The van der Waals surface area contributed by atoms with Crippen LogP contribution in [0, 0.1) is 35.5 Å². The first kappa shape index (κ1) is 22.8. The molecule has 29 heavy (non-hydrogen) atoms. The first-order valence-corrected chi connectivity index (χ1v) is 12.3. The van der Waals surface area contributed by atoms with Crippen LogP contribution in [0.5, 0.6) is 0 Å². The number of hydrogen-bond acceptors (Lipinski definition) is 3. The molecule has 166 valence electrons. The summed E-state index contributed by atoms with van der Waals surface area (Å²) in [6, 6.07) is 1.06. The van der Waals surface area contributed by atoms with Gasteiger partial charge in [0.1, 0.15) is 5.78 Å². The van der Waals surface area contributed by atoms with Gasteiger partial charge in [-0.15, -0.1) is 0 Å². The summed E-state index contributed by atoms with van der Waals surface area (Å²) in [5, 5.41) is 6.88. The van der Waals surface area contributed by atoms with E-state index in [1.54, 1.807) is 6.92 Å². The Hall–Kier alpha value is -0.900. The normalized spacial score (nSPS) is 41.0. The molecular formula is C25H44N2O2. The molecule has 0 radical (unpaired) electrons. The maximum absolute atomic E-state index is 12.8. The Kier molecular flexibility index (Phi) is 8.18. The van der Waals surface area contributed by atoms with E-state index >= 15 is 0 Å². The maximum Gasteiger partial charge on any atom is 0.223 e. The van der Waals surface area contributed by atoms with Gasteiger partial charge >= 0.3 is 0 Å². The average Bonchev–Trinajstić information content (AvgIpc) is 2.70. The Labute approximate surface area is 178 Å². The Morgan fingerprint density at radius 1 is 0.759 bits per heavy atom. The molecular weight excluding hydrogens is 360 g/mol. The molecule has 2 N–H and O–H groups in total. The summed E-state index contributed by atoms with van der Waals surface area (Å²) in [5.74, 6) is 3.98. The van der Waals surface area contributed by atoms with Crippen LogP contribution in [0.4, 0.5) is 0 Å². The van der Waals surface area contributed by atoms with E-state index in [9.17, 15) is 9.59 Å². The number of hydrogen-bond donors (Lipinski definition) is 2. The van der Waals surface area contributed by atoms with Crippen molar-refractivity contribution in [2.45, 2.75) is 103 Å². The molecule has 0 aromatic rings. The first-order chi connectivity index (χ1) is 13.9. The lowest BCUT2D eigenvalue weighted by Crippen LogP contribution is -2.46. The lowest BCUT2D eigenvalue weighted by molar-refractivity contribution is -0.129. The van der Waals surface area contributed by atoms with E-state index in [1.165, 1.54) is 38.5 Å². The monoisotopic (exact) mass is 404 g/mol. The standard InChI is InChI=1S/C25H44N2O2/c1-16-13-19(5-11-23(16)26-4)15-20-6-12-24(17(2)14-20)27-25(29)22-9-7-21(8-10-22)18(3)28/h16-17,19-24,26H,5-15H2,1-4H3,(H,27,29). The van der Waals surface area contributed by atoms with Crippen molar-refractivity contribution in [2.24, 2.45) is 35.5 Å². The fourth-order valence-electron chi connectivity index (χ4n) is 6.62. The zero-order chi connectivity index (χ0) is 21.0. The topological polar surface area (TPSA) is 58.2 Å². The van der Waals surface area contributed by atoms with E-state index in [0.717, 1.165) is 49.9 Å². The van der Waals surface area contributed by atoms with Crippen LogP contribution in [0.25, 0.3) is 0 Å². The summed E-state index contributed by atoms with van der Waals surface area (Å²) in [7, 11) is 2.10. The Balaban J connectivity index is 1.40. The van der Waals surface area contributed by atoms with Crippen LogP contribution in [-0.4, -0.2) is 30.8 Å². The molecule has 3 fully saturated rings. The molecule has 1 amide bonds. The molecule has 3 rings (SSSR count). The third-order valence-corrected chi connectivity index (χ3v) is 8.59. The Bertz CT molecular complexity index is 555. The van der Waals surface area contributed by atoms with Gasteiger partial charge < -0.3 is 10.6 Å². The molecule has 3 aliphatic rings. The molecule has 4 heteroatoms. The van der Waals surface area contributed by atoms with Gasteiger partial charge in [0, 0.05) is 23.9 Å². The zero-order valence-corrected chi connectivity index (χ0v) is 19.2. The number of Topliss-reactive ketones (excluding diaryl/α,β-unsaturated/α-hetero) is 1. The first-order valence-electron chi connectivity index (χ1n) is 12.3. The van der Waals surface area contributed by atoms with Crippen LogP contribution < -0.4 is 10.6 Å². The van der Waals surface area contributed by atoms with Gasteiger partial charge in [-0.05, 0) is 108 Å². The lowest BCUT2D eigenvalue weighted by Gasteiger charge is -2.39. The van der Waals surface area contributed by atoms with Crippen molar-refractivity contribution in [2.75, 3.05) is 7.05 Å². The van der Waals surface area contributed by atoms with Crippen molar-refractivity contribution < 1.29 is 9.59 Å². The molecule has 0 saturated heterocycles. The van der Waals surface area contributed by atoms with Crippen molar-refractivity contribution in [1.29, 1.82) is 0 Å². The van der Waals surface area contributed by atoms with Crippen molar-refractivity contribution in [1.82, 2.24) is 10.6 Å². The molecule has 4 nitrogen and oxygen atoms in total. The van der Waals surface area contributed by atoms with Gasteiger partial charge in [-0.1, -0.05) is 13.8 Å². The van der Waals surface area contributed by atoms with Crippen LogP contribution in [0.1, 0.15) is 91.4 Å². The second kappa shape index (κ2) is 10.4. The summed E-state index contributed by atoms with van der Waals surface area (Å²) in [4.78, 5) is 24.3. The van der Waals surface area contributed by atoms with Crippen LogP contribution in [0.3, 0.4) is 0 Å². The highest BCUT2D eigenvalue weighted by Crippen LogP contribution is 2.39. The van der Waals surface area contributed by atoms with Crippen molar-refractivity contribution in [3.63, 3.8) is 0 Å². The number of amides is 1. The van der Waals surface area contributed by atoms with Gasteiger partial charge in [0.15, 0.2) is 0 Å². The molecule has 0 aromatic carbocycles. The second-order valence-electron chi connectivity index (χ2n) is 10.7. The van der Waals surface area contributed by atoms with Crippen LogP contribution in [-0.2, 0) is 9.59 Å². The molecule has 6 unspecified atom stereocenters. The predicted molar refractivity (Wildman–Crippen MR) is 119 cm³/mol. The largest absolute Gasteiger partial charge is 0.353 e. The lowest BCUT2D eigenvalue weighted by atomic mass is 9.70. The third-order valence-electron chi connectivity index (χ3n) is 8.59. The van der Waals surface area contributed by atoms with E-state index in [2.05, 4.69) is 31.5 Å². The number of ketones is 1. The van der Waals surface area contributed by atoms with Crippen LogP contribution >= 0.6 is 0 Å². The van der Waals surface area contributed by atoms with Gasteiger partial charge in [-0.25, -0.2) is 0 Å². The van der Waals surface area contributed by atoms with Crippen LogP contribution in [0.15, 0.2) is 0 Å². The number of rotatable bonds is 6. The quantitative estimate of drug-likeness (QED) is 0.673. The third kappa shape index (κ3) is 6.06. The van der Waals surface area contributed by atoms with Crippen molar-refractivity contribution in [3.8, 4) is 0 Å². The van der Waals surface area contributed by atoms with Crippen molar-refractivity contribution >= 4 is 11.7 Å². The fraction of sp³-hybridized carbons (Fsp3) is 0.920. The molecule has 0 aliphatic heterocycles. The van der Waals surface area contributed by atoms with Gasteiger partial charge in [-0.2, -0.15) is 0 Å². The van der Waals surface area contributed by atoms with Crippen LogP contribution in [0.2, 0.25) is 0 Å². The Morgan fingerprint density at radius 3 is 1.76 bits per heavy atom. The zero-order valence-electron chi connectivity index (χ0n) is 19.2. The molecule has 0 aromatic heterocycles. The molecule has 3 aliphatic carbocycles. The SMILES string of the molecule is CNC1CCC(CC2CCC(NC(=O)C3CCC(C(C)=O)CC3)C(C)C2)CC1C. The van der Waals surface area contributed by atoms with E-state index in [-0.39, 0.29) is 17.7 Å².